The van der Waals surface area contributed by atoms with E-state index in [-0.39, 0.29) is 11.7 Å². The van der Waals surface area contributed by atoms with E-state index in [4.69, 9.17) is 21.3 Å². The van der Waals surface area contributed by atoms with Gasteiger partial charge in [0.05, 0.1) is 22.9 Å². The van der Waals surface area contributed by atoms with Gasteiger partial charge in [-0.3, -0.25) is 4.99 Å². The van der Waals surface area contributed by atoms with Crippen LogP contribution in [0.5, 0.6) is 5.75 Å². The van der Waals surface area contributed by atoms with Gasteiger partial charge in [0, 0.05) is 28.6 Å². The number of nitrogens with zero attached hydrogens (tertiary/aromatic N) is 2. The van der Waals surface area contributed by atoms with Gasteiger partial charge in [-0.25, -0.2) is 4.98 Å². The number of aliphatic hydroxyl groups is 1. The summed E-state index contributed by atoms with van der Waals surface area (Å²) in [5.41, 5.74) is 5.08. The largest absolute Gasteiger partial charge is 0.513 e. The van der Waals surface area contributed by atoms with Crippen LogP contribution in [-0.4, -0.2) is 22.3 Å². The highest BCUT2D eigenvalue weighted by Crippen LogP contribution is 2.32. The van der Waals surface area contributed by atoms with E-state index in [1.165, 1.54) is 0 Å². The molecule has 0 fully saturated rings. The first kappa shape index (κ1) is 22.3. The predicted octanol–water partition coefficient (Wildman–Crippen LogP) is 7.22. The monoisotopic (exact) mass is 464 g/mol. The lowest BCUT2D eigenvalue weighted by atomic mass is 9.90. The molecule has 1 aliphatic heterocycles. The van der Waals surface area contributed by atoms with E-state index >= 15 is 0 Å². The second-order valence-electron chi connectivity index (χ2n) is 7.84. The Hall–Kier alpha value is -2.89. The van der Waals surface area contributed by atoms with Crippen molar-refractivity contribution in [2.24, 2.45) is 4.99 Å². The zero-order valence-electron chi connectivity index (χ0n) is 18.1. The van der Waals surface area contributed by atoms with Crippen LogP contribution in [0.3, 0.4) is 0 Å². The Kier molecular flexibility index (Phi) is 6.77. The zero-order chi connectivity index (χ0) is 22.7. The minimum atomic E-state index is -0.00654. The van der Waals surface area contributed by atoms with Gasteiger partial charge in [0.1, 0.15) is 17.4 Å². The quantitative estimate of drug-likeness (QED) is 0.358. The van der Waals surface area contributed by atoms with E-state index in [9.17, 15) is 5.11 Å². The Bertz CT molecular complexity index is 1200. The van der Waals surface area contributed by atoms with Crippen molar-refractivity contribution in [1.29, 1.82) is 0 Å². The van der Waals surface area contributed by atoms with E-state index in [1.807, 2.05) is 68.5 Å². The maximum Gasteiger partial charge on any atom is 0.124 e. The summed E-state index contributed by atoms with van der Waals surface area (Å²) in [6.07, 6.45) is 4.49. The van der Waals surface area contributed by atoms with Crippen LogP contribution in [0.15, 0.2) is 71.9 Å². The lowest BCUT2D eigenvalue weighted by Gasteiger charge is -2.17. The third-order valence-electron chi connectivity index (χ3n) is 5.43. The molecule has 4 rings (SSSR count). The summed E-state index contributed by atoms with van der Waals surface area (Å²) in [5.74, 6) is 0.935. The molecular weight excluding hydrogens is 440 g/mol. The normalized spacial score (nSPS) is 13.8. The van der Waals surface area contributed by atoms with Crippen LogP contribution >= 0.6 is 22.9 Å². The van der Waals surface area contributed by atoms with Gasteiger partial charge in [-0.15, -0.1) is 11.3 Å². The molecule has 1 atom stereocenters. The van der Waals surface area contributed by atoms with E-state index in [0.717, 1.165) is 48.8 Å². The molecule has 0 spiro atoms. The number of benzene rings is 2. The molecule has 1 N–H and O–H groups in total. The molecule has 0 saturated carbocycles. The first-order chi connectivity index (χ1) is 15.4. The van der Waals surface area contributed by atoms with Gasteiger partial charge in [0.25, 0.3) is 0 Å². The topological polar surface area (TPSA) is 54.7 Å². The van der Waals surface area contributed by atoms with Crippen LogP contribution in [-0.2, 0) is 6.61 Å². The van der Waals surface area contributed by atoms with Crippen molar-refractivity contribution in [3.05, 3.63) is 93.7 Å². The molecule has 164 valence electrons. The second kappa shape index (κ2) is 9.72. The number of aromatic nitrogens is 1. The molecule has 1 aromatic heterocycles. The lowest BCUT2D eigenvalue weighted by Crippen LogP contribution is -2.10. The summed E-state index contributed by atoms with van der Waals surface area (Å²) < 4.78 is 6.04. The van der Waals surface area contributed by atoms with E-state index in [1.54, 1.807) is 11.3 Å². The van der Waals surface area contributed by atoms with Gasteiger partial charge < -0.3 is 9.84 Å². The molecule has 4 nitrogen and oxygen atoms in total. The first-order valence-corrected chi connectivity index (χ1v) is 11.6. The number of allylic oxidation sites excluding steroid dienone is 2. The fourth-order valence-corrected chi connectivity index (χ4v) is 4.75. The van der Waals surface area contributed by atoms with Gasteiger partial charge >= 0.3 is 0 Å². The van der Waals surface area contributed by atoms with Gasteiger partial charge in [-0.2, -0.15) is 0 Å². The summed E-state index contributed by atoms with van der Waals surface area (Å²) >= 11 is 7.90. The molecule has 1 aliphatic rings. The van der Waals surface area contributed by atoms with E-state index in [0.29, 0.717) is 19.6 Å². The minimum Gasteiger partial charge on any atom is -0.513 e. The van der Waals surface area contributed by atoms with E-state index < -0.39 is 0 Å². The molecular formula is C26H25ClN2O2S. The maximum atomic E-state index is 9.74. The number of hydrogen-bond acceptors (Lipinski definition) is 5. The molecule has 0 radical (unpaired) electrons. The number of aryl methyl sites for hydroxylation is 2. The molecule has 0 amide bonds. The van der Waals surface area contributed by atoms with Gasteiger partial charge in [-0.1, -0.05) is 48.5 Å². The first-order valence-electron chi connectivity index (χ1n) is 10.4. The van der Waals surface area contributed by atoms with Crippen molar-refractivity contribution in [1.82, 2.24) is 4.98 Å². The Morgan fingerprint density at radius 2 is 2.00 bits per heavy atom. The average Bonchev–Trinajstić information content (AvgIpc) is 3.43. The molecule has 2 aromatic carbocycles. The fraction of sp³-hybridized carbons (Fsp3) is 0.231. The summed E-state index contributed by atoms with van der Waals surface area (Å²) in [5, 5.41) is 11.4. The van der Waals surface area contributed by atoms with Crippen LogP contribution in [0.25, 0.3) is 10.6 Å². The van der Waals surface area contributed by atoms with Gasteiger partial charge in [0.15, 0.2) is 0 Å². The molecule has 3 aromatic rings. The van der Waals surface area contributed by atoms with Crippen LogP contribution in [0.4, 0.5) is 0 Å². The highest BCUT2D eigenvalue weighted by atomic mass is 35.5. The molecule has 1 unspecified atom stereocenters. The standard InChI is InChI=1S/C26H25ClN2O2S/c1-16-6-7-20(14-23(16)27)26-29-18(3)25(32-26)15-31-21-10-8-19(9-11-21)22(13-17(2)30)24-5-4-12-28-24/h4-11,14,22,30H,2,12-13,15H2,1,3H3. The second-order valence-corrected chi connectivity index (χ2v) is 9.33. The fourth-order valence-electron chi connectivity index (χ4n) is 3.60. The smallest absolute Gasteiger partial charge is 0.124 e. The summed E-state index contributed by atoms with van der Waals surface area (Å²) in [6.45, 7) is 8.79. The molecule has 2 heterocycles. The molecule has 32 heavy (non-hydrogen) atoms. The number of aliphatic imine (C=N–C) groups is 1. The highest BCUT2D eigenvalue weighted by molar-refractivity contribution is 7.15. The lowest BCUT2D eigenvalue weighted by molar-refractivity contribution is 0.308. The number of hydrogen-bond donors (Lipinski definition) is 1. The van der Waals surface area contributed by atoms with Crippen molar-refractivity contribution in [2.45, 2.75) is 32.8 Å². The average molecular weight is 465 g/mol. The van der Waals surface area contributed by atoms with Crippen molar-refractivity contribution in [2.75, 3.05) is 6.54 Å². The van der Waals surface area contributed by atoms with Crippen LogP contribution in [0, 0.1) is 13.8 Å². The van der Waals surface area contributed by atoms with Crippen LogP contribution in [0.2, 0.25) is 5.02 Å². The minimum absolute atomic E-state index is 0.00654. The zero-order valence-corrected chi connectivity index (χ0v) is 19.7. The van der Waals surface area contributed by atoms with Crippen LogP contribution in [0.1, 0.15) is 34.0 Å². The van der Waals surface area contributed by atoms with Crippen molar-refractivity contribution in [3.8, 4) is 16.3 Å². The Labute approximate surface area is 197 Å². The Morgan fingerprint density at radius 3 is 2.66 bits per heavy atom. The number of thiazole rings is 1. The summed E-state index contributed by atoms with van der Waals surface area (Å²) in [7, 11) is 0. The third kappa shape index (κ3) is 5.12. The Balaban J connectivity index is 1.45. The van der Waals surface area contributed by atoms with Gasteiger partial charge in [-0.05, 0) is 49.2 Å². The molecule has 0 bridgehead atoms. The summed E-state index contributed by atoms with van der Waals surface area (Å²) in [4.78, 5) is 10.3. The number of aliphatic hydroxyl groups excluding tert-OH is 1. The SMILES string of the molecule is C=C(O)CC(C1=NCC=C1)c1ccc(OCc2sc(-c3ccc(C)c(Cl)c3)nc2C)cc1. The summed E-state index contributed by atoms with van der Waals surface area (Å²) in [6, 6.07) is 14.0. The van der Waals surface area contributed by atoms with Gasteiger partial charge in [0.2, 0.25) is 0 Å². The highest BCUT2D eigenvalue weighted by Gasteiger charge is 2.19. The van der Waals surface area contributed by atoms with Crippen molar-refractivity contribution >= 4 is 28.6 Å². The van der Waals surface area contributed by atoms with Crippen molar-refractivity contribution in [3.63, 3.8) is 0 Å². The maximum absolute atomic E-state index is 9.74. The van der Waals surface area contributed by atoms with Crippen molar-refractivity contribution < 1.29 is 9.84 Å². The van der Waals surface area contributed by atoms with E-state index in [2.05, 4.69) is 11.6 Å². The molecule has 6 heteroatoms. The number of halogens is 1. The third-order valence-corrected chi connectivity index (χ3v) is 7.02. The number of rotatable bonds is 8. The predicted molar refractivity (Wildman–Crippen MR) is 133 cm³/mol. The van der Waals surface area contributed by atoms with Crippen LogP contribution < -0.4 is 4.74 Å². The molecule has 0 aliphatic carbocycles. The number of ether oxygens (including phenoxy) is 1. The Morgan fingerprint density at radius 1 is 1.22 bits per heavy atom. The molecule has 0 saturated heterocycles.